The number of allylic oxidation sites excluding steroid dienone is 8. The van der Waals surface area contributed by atoms with Gasteiger partial charge in [-0.15, -0.1) is 0 Å². The summed E-state index contributed by atoms with van der Waals surface area (Å²) < 4.78 is 0. The SMILES string of the molecule is CC1=CC(C)([SiH](Cc2ccccc2)C2(C)C=C(C)C(C)=C2C)C(C)=C1C. The van der Waals surface area contributed by atoms with Gasteiger partial charge >= 0.3 is 0 Å². The predicted octanol–water partition coefficient (Wildman–Crippen LogP) is 7.11. The predicted molar refractivity (Wildman–Crippen MR) is 118 cm³/mol. The van der Waals surface area contributed by atoms with Crippen molar-refractivity contribution >= 4 is 8.80 Å². The highest BCUT2D eigenvalue weighted by Crippen LogP contribution is 2.60. The zero-order valence-corrected chi connectivity index (χ0v) is 19.0. The molecule has 0 saturated heterocycles. The lowest BCUT2D eigenvalue weighted by atomic mass is 10.0. The Morgan fingerprint density at radius 3 is 1.46 bits per heavy atom. The molecule has 0 bridgehead atoms. The zero-order valence-electron chi connectivity index (χ0n) is 17.8. The lowest BCUT2D eigenvalue weighted by Gasteiger charge is -2.44. The Balaban J connectivity index is 2.17. The van der Waals surface area contributed by atoms with E-state index in [2.05, 4.69) is 97.9 Å². The van der Waals surface area contributed by atoms with Crippen molar-refractivity contribution in [1.82, 2.24) is 0 Å². The van der Waals surface area contributed by atoms with Gasteiger partial charge in [0, 0.05) is 10.1 Å². The largest absolute Gasteiger partial charge is 0.0744 e. The van der Waals surface area contributed by atoms with Crippen LogP contribution in [-0.4, -0.2) is 8.80 Å². The van der Waals surface area contributed by atoms with E-state index in [1.54, 1.807) is 11.1 Å². The van der Waals surface area contributed by atoms with E-state index in [-0.39, 0.29) is 10.1 Å². The molecule has 0 nitrogen and oxygen atoms in total. The summed E-state index contributed by atoms with van der Waals surface area (Å²) in [7, 11) is -1.33. The second kappa shape index (κ2) is 6.53. The number of rotatable bonds is 4. The Morgan fingerprint density at radius 2 is 1.12 bits per heavy atom. The second-order valence-electron chi connectivity index (χ2n) is 8.96. The molecule has 2 atom stereocenters. The van der Waals surface area contributed by atoms with Crippen LogP contribution in [-0.2, 0) is 6.04 Å². The van der Waals surface area contributed by atoms with Gasteiger partial charge in [-0.2, -0.15) is 0 Å². The summed E-state index contributed by atoms with van der Waals surface area (Å²) >= 11 is 0. The van der Waals surface area contributed by atoms with Crippen LogP contribution in [0.4, 0.5) is 0 Å². The number of hydrogen-bond acceptors (Lipinski definition) is 0. The molecule has 2 aliphatic carbocycles. The van der Waals surface area contributed by atoms with E-state index in [4.69, 9.17) is 0 Å². The first-order chi connectivity index (χ1) is 12.1. The zero-order chi connectivity index (χ0) is 19.3. The van der Waals surface area contributed by atoms with E-state index in [0.29, 0.717) is 0 Å². The highest BCUT2D eigenvalue weighted by molar-refractivity contribution is 6.68. The van der Waals surface area contributed by atoms with Crippen LogP contribution in [0.25, 0.3) is 0 Å². The molecule has 2 unspecified atom stereocenters. The van der Waals surface area contributed by atoms with E-state index in [1.807, 2.05) is 0 Å². The normalized spacial score (nSPS) is 30.0. The molecule has 1 aromatic rings. The van der Waals surface area contributed by atoms with Gasteiger partial charge in [-0.25, -0.2) is 0 Å². The van der Waals surface area contributed by atoms with Crippen LogP contribution < -0.4 is 0 Å². The van der Waals surface area contributed by atoms with Crippen LogP contribution in [0.1, 0.15) is 61.0 Å². The quantitative estimate of drug-likeness (QED) is 0.501. The molecule has 0 heterocycles. The fraction of sp³-hybridized carbons (Fsp3) is 0.440. The van der Waals surface area contributed by atoms with Crippen LogP contribution in [0.2, 0.25) is 10.1 Å². The minimum Gasteiger partial charge on any atom is -0.0744 e. The van der Waals surface area contributed by atoms with Gasteiger partial charge in [0.1, 0.15) is 0 Å². The molecular weight excluding hydrogens is 328 g/mol. The van der Waals surface area contributed by atoms with Crippen molar-refractivity contribution in [1.29, 1.82) is 0 Å². The summed E-state index contributed by atoms with van der Waals surface area (Å²) in [6.07, 6.45) is 5.21. The lowest BCUT2D eigenvalue weighted by molar-refractivity contribution is 0.762. The van der Waals surface area contributed by atoms with Crippen molar-refractivity contribution in [3.05, 3.63) is 81.5 Å². The third kappa shape index (κ3) is 2.81. The minimum absolute atomic E-state index is 0.224. The topological polar surface area (TPSA) is 0 Å². The average molecular weight is 363 g/mol. The Labute approximate surface area is 162 Å². The number of hydrogen-bond donors (Lipinski definition) is 0. The molecule has 3 rings (SSSR count). The summed E-state index contributed by atoms with van der Waals surface area (Å²) in [5.41, 5.74) is 10.7. The van der Waals surface area contributed by atoms with Crippen LogP contribution in [0.5, 0.6) is 0 Å². The first-order valence-electron chi connectivity index (χ1n) is 9.90. The minimum atomic E-state index is -1.33. The van der Waals surface area contributed by atoms with Crippen LogP contribution >= 0.6 is 0 Å². The van der Waals surface area contributed by atoms with Crippen molar-refractivity contribution in [2.24, 2.45) is 0 Å². The fourth-order valence-electron chi connectivity index (χ4n) is 5.35. The molecule has 0 saturated carbocycles. The summed E-state index contributed by atoms with van der Waals surface area (Å²) in [6, 6.07) is 12.4. The van der Waals surface area contributed by atoms with Gasteiger partial charge in [-0.1, -0.05) is 84.2 Å². The molecule has 0 amide bonds. The molecule has 0 spiro atoms. The third-order valence-corrected chi connectivity index (χ3v) is 12.7. The second-order valence-corrected chi connectivity index (χ2v) is 12.9. The van der Waals surface area contributed by atoms with Gasteiger partial charge in [-0.05, 0) is 58.7 Å². The first kappa shape index (κ1) is 19.2. The summed E-state index contributed by atoms with van der Waals surface area (Å²) in [6.45, 7) is 19.0. The third-order valence-electron chi connectivity index (χ3n) is 7.69. The van der Waals surface area contributed by atoms with E-state index in [9.17, 15) is 0 Å². The van der Waals surface area contributed by atoms with Gasteiger partial charge in [0.25, 0.3) is 0 Å². The summed E-state index contributed by atoms with van der Waals surface area (Å²) in [5.74, 6) is 0. The molecule has 1 heteroatoms. The lowest BCUT2D eigenvalue weighted by Crippen LogP contribution is -2.42. The molecule has 1 aromatic carbocycles. The smallest absolute Gasteiger partial charge is 0.0725 e. The highest BCUT2D eigenvalue weighted by Gasteiger charge is 2.50. The maximum absolute atomic E-state index is 2.60. The van der Waals surface area contributed by atoms with Crippen LogP contribution in [0.3, 0.4) is 0 Å². The Bertz CT molecular complexity index is 797. The van der Waals surface area contributed by atoms with E-state index in [0.717, 1.165) is 0 Å². The molecule has 26 heavy (non-hydrogen) atoms. The fourth-order valence-corrected chi connectivity index (χ4v) is 10.6. The molecule has 2 aliphatic rings. The monoisotopic (exact) mass is 362 g/mol. The van der Waals surface area contributed by atoms with E-state index < -0.39 is 8.80 Å². The van der Waals surface area contributed by atoms with Gasteiger partial charge in [0.05, 0.1) is 8.80 Å². The highest BCUT2D eigenvalue weighted by atomic mass is 28.3. The maximum Gasteiger partial charge on any atom is 0.0725 e. The van der Waals surface area contributed by atoms with Gasteiger partial charge < -0.3 is 0 Å². The molecular formula is C25H34Si. The molecule has 138 valence electrons. The van der Waals surface area contributed by atoms with Crippen molar-refractivity contribution in [3.63, 3.8) is 0 Å². The van der Waals surface area contributed by atoms with Crippen molar-refractivity contribution < 1.29 is 0 Å². The average Bonchev–Trinajstić information content (AvgIpc) is 2.94. The maximum atomic E-state index is 2.60. The van der Waals surface area contributed by atoms with E-state index >= 15 is 0 Å². The van der Waals surface area contributed by atoms with Crippen molar-refractivity contribution in [2.75, 3.05) is 0 Å². The van der Waals surface area contributed by atoms with Gasteiger partial charge in [0.15, 0.2) is 0 Å². The summed E-state index contributed by atoms with van der Waals surface area (Å²) in [4.78, 5) is 0. The van der Waals surface area contributed by atoms with E-state index in [1.165, 1.54) is 33.9 Å². The molecule has 0 aliphatic heterocycles. The Hall–Kier alpha value is -1.60. The standard InChI is InChI=1S/C25H34Si/c1-17-14-24(7,21(5)19(17)3)26(16-23-12-10-9-11-13-23)25(8)15-18(2)20(4)22(25)6/h9-15,26H,16H2,1-8H3. The number of benzene rings is 1. The van der Waals surface area contributed by atoms with Crippen molar-refractivity contribution in [2.45, 2.75) is 71.5 Å². The summed E-state index contributed by atoms with van der Waals surface area (Å²) in [5, 5.41) is 0.447. The molecule has 0 radical (unpaired) electrons. The molecule has 0 fully saturated rings. The van der Waals surface area contributed by atoms with Crippen LogP contribution in [0.15, 0.2) is 75.9 Å². The Morgan fingerprint density at radius 1 is 0.692 bits per heavy atom. The van der Waals surface area contributed by atoms with Gasteiger partial charge in [0.2, 0.25) is 0 Å². The Kier molecular flexibility index (Phi) is 4.81. The first-order valence-corrected chi connectivity index (χ1v) is 11.9. The van der Waals surface area contributed by atoms with Gasteiger partial charge in [-0.3, -0.25) is 0 Å². The molecule has 0 aromatic heterocycles. The van der Waals surface area contributed by atoms with Crippen LogP contribution in [0, 0.1) is 0 Å². The molecule has 0 N–H and O–H groups in total. The van der Waals surface area contributed by atoms with Crippen molar-refractivity contribution in [3.8, 4) is 0 Å².